The van der Waals surface area contributed by atoms with Gasteiger partial charge in [0, 0.05) is 28.0 Å². The van der Waals surface area contributed by atoms with E-state index in [1.165, 1.54) is 5.39 Å². The summed E-state index contributed by atoms with van der Waals surface area (Å²) in [6.07, 6.45) is 3.60. The van der Waals surface area contributed by atoms with Gasteiger partial charge in [0.25, 0.3) is 0 Å². The number of rotatable bonds is 3. The van der Waals surface area contributed by atoms with Crippen LogP contribution in [0.4, 0.5) is 5.82 Å². The first-order valence-electron chi connectivity index (χ1n) is 9.28. The molecule has 1 N–H and O–H groups in total. The van der Waals surface area contributed by atoms with E-state index in [0.717, 1.165) is 26.8 Å². The average Bonchev–Trinajstić information content (AvgIpc) is 3.13. The quantitative estimate of drug-likeness (QED) is 0.257. The zero-order valence-corrected chi connectivity index (χ0v) is 18.8. The smallest absolute Gasteiger partial charge is 0.165 e. The Morgan fingerprint density at radius 1 is 0.900 bits per heavy atom. The minimum absolute atomic E-state index is 0.142. The van der Waals surface area contributed by atoms with Gasteiger partial charge in [-0.15, -0.1) is 0 Å². The van der Waals surface area contributed by atoms with Gasteiger partial charge >= 0.3 is 0 Å². The number of imidazole rings is 1. The van der Waals surface area contributed by atoms with Crippen LogP contribution in [0, 0.1) is 0 Å². The Kier molecular flexibility index (Phi) is 4.89. The normalized spacial score (nSPS) is 11.7. The SMILES string of the molecule is Oc1c(Br)cc(Br)cc1C=Nc1c(-c2ccc3ccccc3c2)nc2ccccn12. The van der Waals surface area contributed by atoms with Crippen LogP contribution < -0.4 is 0 Å². The molecule has 6 heteroatoms. The molecule has 0 amide bonds. The molecule has 2 heterocycles. The van der Waals surface area contributed by atoms with Gasteiger partial charge in [0.15, 0.2) is 5.82 Å². The molecular formula is C24H15Br2N3O. The highest BCUT2D eigenvalue weighted by molar-refractivity contribution is 9.11. The Morgan fingerprint density at radius 2 is 1.70 bits per heavy atom. The first kappa shape index (κ1) is 19.0. The fraction of sp³-hybridized carbons (Fsp3) is 0. The molecule has 0 fully saturated rings. The molecule has 5 rings (SSSR count). The maximum atomic E-state index is 10.4. The van der Waals surface area contributed by atoms with E-state index in [9.17, 15) is 5.11 Å². The highest BCUT2D eigenvalue weighted by Crippen LogP contribution is 2.34. The molecular weight excluding hydrogens is 506 g/mol. The molecule has 0 aliphatic carbocycles. The number of aromatic nitrogens is 2. The molecule has 0 saturated heterocycles. The molecule has 4 nitrogen and oxygen atoms in total. The predicted octanol–water partition coefficient (Wildman–Crippen LogP) is 7.14. The zero-order valence-electron chi connectivity index (χ0n) is 15.6. The fourth-order valence-electron chi connectivity index (χ4n) is 3.45. The van der Waals surface area contributed by atoms with Crippen molar-refractivity contribution in [2.45, 2.75) is 0 Å². The lowest BCUT2D eigenvalue weighted by molar-refractivity contribution is 0.471. The van der Waals surface area contributed by atoms with Gasteiger partial charge in [-0.05, 0) is 57.0 Å². The maximum absolute atomic E-state index is 10.4. The van der Waals surface area contributed by atoms with Crippen LogP contribution in [-0.2, 0) is 0 Å². The second-order valence-electron chi connectivity index (χ2n) is 6.86. The molecule has 0 saturated carbocycles. The molecule has 2 aromatic heterocycles. The van der Waals surface area contributed by atoms with Gasteiger partial charge < -0.3 is 5.11 Å². The van der Waals surface area contributed by atoms with E-state index in [1.54, 1.807) is 12.3 Å². The monoisotopic (exact) mass is 519 g/mol. The van der Waals surface area contributed by atoms with E-state index in [1.807, 2.05) is 47.0 Å². The third-order valence-electron chi connectivity index (χ3n) is 4.91. The number of hydrogen-bond acceptors (Lipinski definition) is 3. The van der Waals surface area contributed by atoms with Gasteiger partial charge in [0.05, 0.1) is 4.47 Å². The molecule has 3 aromatic carbocycles. The molecule has 0 radical (unpaired) electrons. The number of aliphatic imine (C=N–C) groups is 1. The van der Waals surface area contributed by atoms with Gasteiger partial charge in [-0.1, -0.05) is 58.4 Å². The minimum atomic E-state index is 0.142. The Hall–Kier alpha value is -2.96. The summed E-state index contributed by atoms with van der Waals surface area (Å²) >= 11 is 6.83. The number of nitrogens with zero attached hydrogens (tertiary/aromatic N) is 3. The molecule has 0 aliphatic heterocycles. The van der Waals surface area contributed by atoms with Crippen molar-refractivity contribution < 1.29 is 5.11 Å². The summed E-state index contributed by atoms with van der Waals surface area (Å²) in [5.41, 5.74) is 3.19. The van der Waals surface area contributed by atoms with Crippen molar-refractivity contribution in [3.63, 3.8) is 0 Å². The number of aromatic hydroxyl groups is 1. The van der Waals surface area contributed by atoms with E-state index in [-0.39, 0.29) is 5.75 Å². The van der Waals surface area contributed by atoms with Crippen LogP contribution in [0.2, 0.25) is 0 Å². The molecule has 30 heavy (non-hydrogen) atoms. The van der Waals surface area contributed by atoms with E-state index < -0.39 is 0 Å². The Bertz CT molecular complexity index is 1440. The van der Waals surface area contributed by atoms with Gasteiger partial charge in [0.2, 0.25) is 0 Å². The summed E-state index contributed by atoms with van der Waals surface area (Å²) < 4.78 is 3.40. The lowest BCUT2D eigenvalue weighted by Crippen LogP contribution is -1.87. The number of phenolic OH excluding ortho intramolecular Hbond substituents is 1. The van der Waals surface area contributed by atoms with Crippen molar-refractivity contribution in [1.82, 2.24) is 9.38 Å². The summed E-state index contributed by atoms with van der Waals surface area (Å²) in [6, 6.07) is 24.0. The predicted molar refractivity (Wildman–Crippen MR) is 129 cm³/mol. The summed E-state index contributed by atoms with van der Waals surface area (Å²) in [4.78, 5) is 9.57. The molecule has 5 aromatic rings. The number of fused-ring (bicyclic) bond motifs is 2. The highest BCUT2D eigenvalue weighted by atomic mass is 79.9. The summed E-state index contributed by atoms with van der Waals surface area (Å²) in [5.74, 6) is 0.847. The van der Waals surface area contributed by atoms with E-state index in [0.29, 0.717) is 15.9 Å². The molecule has 0 bridgehead atoms. The second-order valence-corrected chi connectivity index (χ2v) is 8.63. The Morgan fingerprint density at radius 3 is 2.57 bits per heavy atom. The van der Waals surface area contributed by atoms with Crippen LogP contribution in [-0.4, -0.2) is 20.7 Å². The first-order valence-corrected chi connectivity index (χ1v) is 10.9. The minimum Gasteiger partial charge on any atom is -0.506 e. The van der Waals surface area contributed by atoms with Crippen molar-refractivity contribution in [2.75, 3.05) is 0 Å². The average molecular weight is 521 g/mol. The van der Waals surface area contributed by atoms with Gasteiger partial charge in [0.1, 0.15) is 17.1 Å². The zero-order chi connectivity index (χ0) is 20.7. The Balaban J connectivity index is 1.69. The number of pyridine rings is 1. The second kappa shape index (κ2) is 7.70. The maximum Gasteiger partial charge on any atom is 0.165 e. The van der Waals surface area contributed by atoms with Crippen molar-refractivity contribution in [3.8, 4) is 17.0 Å². The molecule has 0 spiro atoms. The largest absolute Gasteiger partial charge is 0.506 e. The number of benzene rings is 3. The third kappa shape index (κ3) is 3.42. The lowest BCUT2D eigenvalue weighted by Gasteiger charge is -2.05. The lowest BCUT2D eigenvalue weighted by atomic mass is 10.1. The van der Waals surface area contributed by atoms with Crippen LogP contribution in [0.15, 0.2) is 92.9 Å². The van der Waals surface area contributed by atoms with Crippen LogP contribution in [0.3, 0.4) is 0 Å². The molecule has 0 unspecified atom stereocenters. The van der Waals surface area contributed by atoms with Crippen molar-refractivity contribution in [2.24, 2.45) is 4.99 Å². The van der Waals surface area contributed by atoms with Gasteiger partial charge in [-0.25, -0.2) is 9.98 Å². The summed E-state index contributed by atoms with van der Waals surface area (Å²) in [7, 11) is 0. The Labute approximate surface area is 189 Å². The summed E-state index contributed by atoms with van der Waals surface area (Å²) in [6.45, 7) is 0. The first-order chi connectivity index (χ1) is 14.6. The van der Waals surface area contributed by atoms with Crippen LogP contribution >= 0.6 is 31.9 Å². The van der Waals surface area contributed by atoms with Crippen molar-refractivity contribution in [1.29, 1.82) is 0 Å². The van der Waals surface area contributed by atoms with E-state index in [2.05, 4.69) is 62.2 Å². The van der Waals surface area contributed by atoms with E-state index in [4.69, 9.17) is 9.98 Å². The molecule has 146 valence electrons. The summed E-state index contributed by atoms with van der Waals surface area (Å²) in [5, 5.41) is 12.7. The molecule has 0 atom stereocenters. The number of phenols is 1. The standard InChI is InChI=1S/C24H15Br2N3O/c25-19-12-18(23(30)20(26)13-19)14-27-24-22(28-21-7-3-4-10-29(21)24)17-9-8-15-5-1-2-6-16(15)11-17/h1-14,30H. The third-order valence-corrected chi connectivity index (χ3v) is 5.97. The van der Waals surface area contributed by atoms with Crippen LogP contribution in [0.1, 0.15) is 5.56 Å². The van der Waals surface area contributed by atoms with Gasteiger partial charge in [-0.3, -0.25) is 4.40 Å². The van der Waals surface area contributed by atoms with Crippen LogP contribution in [0.5, 0.6) is 5.75 Å². The number of halogens is 2. The van der Waals surface area contributed by atoms with E-state index >= 15 is 0 Å². The topological polar surface area (TPSA) is 49.9 Å². The van der Waals surface area contributed by atoms with Crippen molar-refractivity contribution in [3.05, 3.63) is 93.5 Å². The fourth-order valence-corrected chi connectivity index (χ4v) is 4.71. The molecule has 0 aliphatic rings. The highest BCUT2D eigenvalue weighted by Gasteiger charge is 2.14. The van der Waals surface area contributed by atoms with Crippen molar-refractivity contribution >= 4 is 60.3 Å². The van der Waals surface area contributed by atoms with Gasteiger partial charge in [-0.2, -0.15) is 0 Å². The number of hydrogen-bond donors (Lipinski definition) is 1. The van der Waals surface area contributed by atoms with Crippen LogP contribution in [0.25, 0.3) is 27.7 Å².